The van der Waals surface area contributed by atoms with Gasteiger partial charge in [-0.2, -0.15) is 0 Å². The van der Waals surface area contributed by atoms with E-state index in [4.69, 9.17) is 10.5 Å². The average molecular weight is 291 g/mol. The van der Waals surface area contributed by atoms with Gasteiger partial charge >= 0.3 is 5.69 Å². The highest BCUT2D eigenvalue weighted by molar-refractivity contribution is 7.98. The number of nitrogens with zero attached hydrogens (tertiary/aromatic N) is 2. The molecule has 0 saturated heterocycles. The Hall–Kier alpha value is -2.28. The van der Waals surface area contributed by atoms with Crippen molar-refractivity contribution >= 4 is 23.3 Å². The minimum absolute atomic E-state index is 0.0268. The molecule has 0 spiro atoms. The Kier molecular flexibility index (Phi) is 4.41. The highest BCUT2D eigenvalue weighted by atomic mass is 32.2. The van der Waals surface area contributed by atoms with Crippen molar-refractivity contribution in [1.82, 2.24) is 4.98 Å². The van der Waals surface area contributed by atoms with E-state index in [1.165, 1.54) is 24.9 Å². The molecule has 1 heterocycles. The maximum absolute atomic E-state index is 10.9. The molecule has 20 heavy (non-hydrogen) atoms. The molecular weight excluding hydrogens is 278 g/mol. The predicted octanol–water partition coefficient (Wildman–Crippen LogP) is 2.87. The third-order valence-electron chi connectivity index (χ3n) is 2.60. The van der Waals surface area contributed by atoms with Gasteiger partial charge in [-0.05, 0) is 23.8 Å². The van der Waals surface area contributed by atoms with Gasteiger partial charge in [-0.3, -0.25) is 10.1 Å². The van der Waals surface area contributed by atoms with Crippen LogP contribution in [0.25, 0.3) is 0 Å². The van der Waals surface area contributed by atoms with Crippen LogP contribution in [0.2, 0.25) is 0 Å². The molecule has 0 radical (unpaired) electrons. The molecule has 2 N–H and O–H groups in total. The highest BCUT2D eigenvalue weighted by Gasteiger charge is 2.15. The fraction of sp³-hybridized carbons (Fsp3) is 0.154. The number of nitro groups is 1. The highest BCUT2D eigenvalue weighted by Crippen LogP contribution is 2.30. The summed E-state index contributed by atoms with van der Waals surface area (Å²) in [6.07, 6.45) is 1.68. The number of pyridine rings is 1. The zero-order valence-electron chi connectivity index (χ0n) is 10.8. The second-order valence-electron chi connectivity index (χ2n) is 3.97. The molecule has 1 aromatic heterocycles. The van der Waals surface area contributed by atoms with Crippen LogP contribution in [-0.2, 0) is 5.75 Å². The van der Waals surface area contributed by atoms with Crippen molar-refractivity contribution in [2.24, 2.45) is 0 Å². The maximum Gasteiger partial charge on any atom is 0.311 e. The number of hydrogen-bond acceptors (Lipinski definition) is 6. The number of thioether (sulfide) groups is 1. The Balaban J connectivity index is 2.11. The van der Waals surface area contributed by atoms with Crippen molar-refractivity contribution in [3.63, 3.8) is 0 Å². The minimum Gasteiger partial charge on any atom is -0.490 e. The number of hydrogen-bond donors (Lipinski definition) is 1. The second-order valence-corrected chi connectivity index (χ2v) is 5.02. The Bertz CT molecular complexity index is 617. The number of nitro benzene ring substituents is 1. The summed E-state index contributed by atoms with van der Waals surface area (Å²) in [6.45, 7) is 0. The van der Waals surface area contributed by atoms with E-state index >= 15 is 0 Å². The summed E-state index contributed by atoms with van der Waals surface area (Å²) in [7, 11) is 1.41. The summed E-state index contributed by atoms with van der Waals surface area (Å²) >= 11 is 1.53. The zero-order chi connectivity index (χ0) is 14.5. The van der Waals surface area contributed by atoms with Crippen LogP contribution in [0.3, 0.4) is 0 Å². The van der Waals surface area contributed by atoms with E-state index in [1.807, 2.05) is 12.1 Å². The quantitative estimate of drug-likeness (QED) is 0.517. The first kappa shape index (κ1) is 14.1. The lowest BCUT2D eigenvalue weighted by Gasteiger charge is -2.05. The Morgan fingerprint density at radius 3 is 2.80 bits per heavy atom. The molecule has 2 aromatic rings. The van der Waals surface area contributed by atoms with Crippen LogP contribution < -0.4 is 10.5 Å². The van der Waals surface area contributed by atoms with Crippen molar-refractivity contribution in [2.45, 2.75) is 10.6 Å². The third kappa shape index (κ3) is 3.39. The first-order valence-corrected chi connectivity index (χ1v) is 6.74. The summed E-state index contributed by atoms with van der Waals surface area (Å²) in [5, 5.41) is 10.9. The van der Waals surface area contributed by atoms with Crippen molar-refractivity contribution in [2.75, 3.05) is 12.8 Å². The van der Waals surface area contributed by atoms with Crippen LogP contribution in [-0.4, -0.2) is 17.0 Å². The Morgan fingerprint density at radius 1 is 1.40 bits per heavy atom. The maximum atomic E-state index is 10.9. The molecular formula is C13H13N3O3S. The van der Waals surface area contributed by atoms with Gasteiger partial charge < -0.3 is 10.5 Å². The number of methoxy groups -OCH3 is 1. The van der Waals surface area contributed by atoms with Gasteiger partial charge in [-0.25, -0.2) is 4.98 Å². The molecule has 0 unspecified atom stereocenters. The number of ether oxygens (including phenoxy) is 1. The molecule has 6 nitrogen and oxygen atoms in total. The van der Waals surface area contributed by atoms with Gasteiger partial charge in [0, 0.05) is 22.9 Å². The summed E-state index contributed by atoms with van der Waals surface area (Å²) in [4.78, 5) is 15.4. The van der Waals surface area contributed by atoms with Crippen LogP contribution >= 0.6 is 11.8 Å². The summed E-state index contributed by atoms with van der Waals surface area (Å²) < 4.78 is 4.97. The average Bonchev–Trinajstić information content (AvgIpc) is 2.46. The summed E-state index contributed by atoms with van der Waals surface area (Å²) in [6, 6.07) is 8.53. The largest absolute Gasteiger partial charge is 0.490 e. The van der Waals surface area contributed by atoms with E-state index in [-0.39, 0.29) is 11.4 Å². The molecule has 0 atom stereocenters. The molecule has 0 aliphatic rings. The molecule has 1 aromatic carbocycles. The van der Waals surface area contributed by atoms with Gasteiger partial charge in [0.1, 0.15) is 5.82 Å². The van der Waals surface area contributed by atoms with Gasteiger partial charge in [-0.1, -0.05) is 6.07 Å². The van der Waals surface area contributed by atoms with E-state index in [0.717, 1.165) is 10.5 Å². The number of rotatable bonds is 5. The van der Waals surface area contributed by atoms with E-state index < -0.39 is 4.92 Å². The van der Waals surface area contributed by atoms with Crippen LogP contribution in [0.15, 0.2) is 41.4 Å². The predicted molar refractivity (Wildman–Crippen MR) is 77.9 cm³/mol. The van der Waals surface area contributed by atoms with Crippen LogP contribution in [0.1, 0.15) is 5.56 Å². The number of nitrogens with two attached hydrogens (primary N) is 1. The van der Waals surface area contributed by atoms with Crippen molar-refractivity contribution in [1.29, 1.82) is 0 Å². The van der Waals surface area contributed by atoms with Gasteiger partial charge in [0.25, 0.3) is 0 Å². The number of benzene rings is 1. The molecule has 104 valence electrons. The van der Waals surface area contributed by atoms with Crippen molar-refractivity contribution < 1.29 is 9.66 Å². The molecule has 0 aliphatic heterocycles. The van der Waals surface area contributed by atoms with Gasteiger partial charge in [0.2, 0.25) is 0 Å². The molecule has 7 heteroatoms. The van der Waals surface area contributed by atoms with E-state index in [1.54, 1.807) is 18.3 Å². The monoisotopic (exact) mass is 291 g/mol. The zero-order valence-corrected chi connectivity index (χ0v) is 11.6. The van der Waals surface area contributed by atoms with Crippen molar-refractivity contribution in [3.8, 4) is 5.75 Å². The summed E-state index contributed by atoms with van der Waals surface area (Å²) in [5.41, 5.74) is 6.33. The number of aromatic nitrogens is 1. The lowest BCUT2D eigenvalue weighted by Crippen LogP contribution is -1.95. The van der Waals surface area contributed by atoms with Crippen LogP contribution in [0.5, 0.6) is 5.75 Å². The number of nitrogen functional groups attached to an aromatic ring is 1. The topological polar surface area (TPSA) is 91.3 Å². The lowest BCUT2D eigenvalue weighted by molar-refractivity contribution is -0.385. The molecule has 0 fully saturated rings. The molecule has 2 rings (SSSR count). The van der Waals surface area contributed by atoms with E-state index in [2.05, 4.69) is 4.98 Å². The number of anilines is 1. The first-order valence-electron chi connectivity index (χ1n) is 5.76. The molecule has 0 amide bonds. The van der Waals surface area contributed by atoms with Crippen LogP contribution in [0, 0.1) is 10.1 Å². The fourth-order valence-corrected chi connectivity index (χ4v) is 2.42. The van der Waals surface area contributed by atoms with E-state index in [9.17, 15) is 10.1 Å². The Morgan fingerprint density at radius 2 is 2.20 bits per heavy atom. The van der Waals surface area contributed by atoms with Gasteiger partial charge in [0.05, 0.1) is 12.0 Å². The molecule has 0 bridgehead atoms. The lowest BCUT2D eigenvalue weighted by atomic mass is 10.2. The Labute approximate surface area is 120 Å². The third-order valence-corrected chi connectivity index (χ3v) is 3.66. The van der Waals surface area contributed by atoms with Gasteiger partial charge in [0.15, 0.2) is 5.75 Å². The van der Waals surface area contributed by atoms with E-state index in [0.29, 0.717) is 11.6 Å². The second kappa shape index (κ2) is 6.25. The molecule has 0 aliphatic carbocycles. The SMILES string of the molecule is COc1ccc(CSc2ccc(N)nc2)cc1[N+](=O)[O-]. The standard InChI is InChI=1S/C13H13N3O3S/c1-19-12-4-2-9(6-11(12)16(17)18)8-20-10-3-5-13(14)15-7-10/h2-7H,8H2,1H3,(H2,14,15). The fourth-order valence-electron chi connectivity index (χ4n) is 1.61. The normalized spacial score (nSPS) is 10.2. The first-order chi connectivity index (χ1) is 9.60. The van der Waals surface area contributed by atoms with Crippen LogP contribution in [0.4, 0.5) is 11.5 Å². The van der Waals surface area contributed by atoms with Crippen molar-refractivity contribution in [3.05, 3.63) is 52.2 Å². The molecule has 0 saturated carbocycles. The van der Waals surface area contributed by atoms with Gasteiger partial charge in [-0.15, -0.1) is 11.8 Å². The smallest absolute Gasteiger partial charge is 0.311 e. The minimum atomic E-state index is -0.447. The summed E-state index contributed by atoms with van der Waals surface area (Å²) in [5.74, 6) is 1.34.